The highest BCUT2D eigenvalue weighted by Gasteiger charge is 2.14. The van der Waals surface area contributed by atoms with Gasteiger partial charge in [0.25, 0.3) is 0 Å². The van der Waals surface area contributed by atoms with E-state index in [2.05, 4.69) is 20.7 Å². The molecule has 0 saturated heterocycles. The highest BCUT2D eigenvalue weighted by Crippen LogP contribution is 2.36. The van der Waals surface area contributed by atoms with E-state index in [0.29, 0.717) is 4.47 Å². The fraction of sp³-hybridized carbons (Fsp3) is 0.250. The number of benzene rings is 1. The Bertz CT molecular complexity index is 493. The molecule has 0 amide bonds. The summed E-state index contributed by atoms with van der Waals surface area (Å²) in [5, 5.41) is 0.409. The van der Waals surface area contributed by atoms with Crippen LogP contribution >= 0.6 is 39.1 Å². The van der Waals surface area contributed by atoms with Crippen molar-refractivity contribution in [3.05, 3.63) is 26.7 Å². The smallest absolute Gasteiger partial charge is 0.234 e. The van der Waals surface area contributed by atoms with E-state index in [1.165, 1.54) is 6.07 Å². The van der Waals surface area contributed by atoms with E-state index in [1.807, 2.05) is 0 Å². The summed E-state index contributed by atoms with van der Waals surface area (Å²) in [7, 11) is -3.47. The van der Waals surface area contributed by atoms with E-state index in [0.717, 1.165) is 0 Å². The zero-order valence-corrected chi connectivity index (χ0v) is 11.9. The molecule has 0 atom stereocenters. The summed E-state index contributed by atoms with van der Waals surface area (Å²) in [4.78, 5) is 0. The van der Waals surface area contributed by atoms with Gasteiger partial charge in [0.15, 0.2) is 0 Å². The monoisotopic (exact) mass is 346 g/mol. The number of anilines is 1. The first-order chi connectivity index (χ1) is 7.37. The van der Waals surface area contributed by atoms with Crippen LogP contribution in [0.15, 0.2) is 16.6 Å². The number of sulfonamides is 1. The molecule has 8 heteroatoms. The lowest BCUT2D eigenvalue weighted by atomic mass is 10.3. The minimum atomic E-state index is -3.47. The lowest BCUT2D eigenvalue weighted by molar-refractivity contribution is 0.601. The van der Waals surface area contributed by atoms with Crippen molar-refractivity contribution in [2.45, 2.75) is 0 Å². The normalized spacial score (nSPS) is 11.5. The van der Waals surface area contributed by atoms with Gasteiger partial charge in [-0.15, -0.1) is 0 Å². The van der Waals surface area contributed by atoms with Gasteiger partial charge in [-0.2, -0.15) is 0 Å². The number of rotatable bonds is 4. The molecular formula is C8H9BrCl2N2O2S. The van der Waals surface area contributed by atoms with Crippen LogP contribution in [0.3, 0.4) is 0 Å². The van der Waals surface area contributed by atoms with Gasteiger partial charge in [0, 0.05) is 11.0 Å². The van der Waals surface area contributed by atoms with E-state index in [9.17, 15) is 8.42 Å². The number of nitrogens with two attached hydrogens (primary N) is 1. The van der Waals surface area contributed by atoms with E-state index >= 15 is 0 Å². The quantitative estimate of drug-likeness (QED) is 0.822. The molecule has 0 heterocycles. The van der Waals surface area contributed by atoms with Crippen LogP contribution in [-0.4, -0.2) is 20.7 Å². The second-order valence-corrected chi connectivity index (χ2v) is 6.38. The first-order valence-electron chi connectivity index (χ1n) is 4.21. The van der Waals surface area contributed by atoms with Crippen LogP contribution in [-0.2, 0) is 10.0 Å². The molecule has 0 aliphatic rings. The summed E-state index contributed by atoms with van der Waals surface area (Å²) in [5.41, 5.74) is 5.41. The van der Waals surface area contributed by atoms with E-state index in [1.54, 1.807) is 6.07 Å². The molecular weight excluding hydrogens is 339 g/mol. The number of hydrogen-bond donors (Lipinski definition) is 2. The van der Waals surface area contributed by atoms with Crippen molar-refractivity contribution >= 4 is 54.8 Å². The van der Waals surface area contributed by atoms with Crippen molar-refractivity contribution in [1.82, 2.24) is 0 Å². The Morgan fingerprint density at radius 2 is 1.94 bits per heavy atom. The molecule has 0 radical (unpaired) electrons. The molecule has 0 bridgehead atoms. The molecule has 90 valence electrons. The van der Waals surface area contributed by atoms with Crippen LogP contribution in [0, 0.1) is 0 Å². The van der Waals surface area contributed by atoms with Crippen LogP contribution in [0.25, 0.3) is 0 Å². The Kier molecular flexibility index (Phi) is 4.88. The van der Waals surface area contributed by atoms with Gasteiger partial charge in [-0.25, -0.2) is 8.42 Å². The molecule has 0 aromatic heterocycles. The first kappa shape index (κ1) is 14.1. The highest BCUT2D eigenvalue weighted by molar-refractivity contribution is 9.10. The summed E-state index contributed by atoms with van der Waals surface area (Å²) < 4.78 is 25.8. The van der Waals surface area contributed by atoms with Gasteiger partial charge in [0.05, 0.1) is 21.5 Å². The third kappa shape index (κ3) is 3.49. The number of hydrogen-bond acceptors (Lipinski definition) is 3. The fourth-order valence-electron chi connectivity index (χ4n) is 0.978. The average molecular weight is 348 g/mol. The Morgan fingerprint density at radius 1 is 1.31 bits per heavy atom. The van der Waals surface area contributed by atoms with Gasteiger partial charge in [-0.1, -0.05) is 23.2 Å². The van der Waals surface area contributed by atoms with Crippen LogP contribution in [0.1, 0.15) is 0 Å². The second kappa shape index (κ2) is 5.55. The predicted molar refractivity (Wildman–Crippen MR) is 70.6 cm³/mol. The molecule has 16 heavy (non-hydrogen) atoms. The van der Waals surface area contributed by atoms with Crippen molar-refractivity contribution in [3.63, 3.8) is 0 Å². The highest BCUT2D eigenvalue weighted by atomic mass is 79.9. The maximum Gasteiger partial charge on any atom is 0.234 e. The molecule has 0 fully saturated rings. The Balaban J connectivity index is 3.04. The zero-order chi connectivity index (χ0) is 12.3. The van der Waals surface area contributed by atoms with Crippen LogP contribution < -0.4 is 10.5 Å². The maximum absolute atomic E-state index is 11.4. The summed E-state index contributed by atoms with van der Waals surface area (Å²) in [6.45, 7) is 0.0389. The van der Waals surface area contributed by atoms with Crippen LogP contribution in [0.2, 0.25) is 10.0 Å². The summed E-state index contributed by atoms with van der Waals surface area (Å²) >= 11 is 14.9. The van der Waals surface area contributed by atoms with Gasteiger partial charge >= 0.3 is 0 Å². The Hall–Kier alpha value is -0.0100. The van der Waals surface area contributed by atoms with Gasteiger partial charge in [-0.05, 0) is 28.1 Å². The lowest BCUT2D eigenvalue weighted by Gasteiger charge is -2.10. The third-order valence-corrected chi connectivity index (χ3v) is 4.76. The van der Waals surface area contributed by atoms with Crippen molar-refractivity contribution < 1.29 is 8.42 Å². The molecule has 1 aromatic rings. The van der Waals surface area contributed by atoms with Gasteiger partial charge in [0.2, 0.25) is 10.0 Å². The molecule has 0 saturated carbocycles. The molecule has 0 aliphatic carbocycles. The van der Waals surface area contributed by atoms with Gasteiger partial charge in [0.1, 0.15) is 0 Å². The third-order valence-electron chi connectivity index (χ3n) is 1.69. The number of halogens is 3. The lowest BCUT2D eigenvalue weighted by Crippen LogP contribution is -2.22. The molecule has 4 nitrogen and oxygen atoms in total. The van der Waals surface area contributed by atoms with Crippen molar-refractivity contribution in [3.8, 4) is 0 Å². The van der Waals surface area contributed by atoms with E-state index < -0.39 is 10.0 Å². The SMILES string of the molecule is NCCS(=O)(=O)Nc1ccc(Br)c(Cl)c1Cl. The average Bonchev–Trinajstić information content (AvgIpc) is 2.19. The summed E-state index contributed by atoms with van der Waals surface area (Å²) in [5.74, 6) is -0.170. The summed E-state index contributed by atoms with van der Waals surface area (Å²) in [6, 6.07) is 3.13. The Morgan fingerprint density at radius 3 is 2.50 bits per heavy atom. The molecule has 3 N–H and O–H groups in total. The van der Waals surface area contributed by atoms with Crippen LogP contribution in [0.5, 0.6) is 0 Å². The van der Waals surface area contributed by atoms with Crippen molar-refractivity contribution in [2.24, 2.45) is 5.73 Å². The van der Waals surface area contributed by atoms with E-state index in [-0.39, 0.29) is 28.0 Å². The Labute approximate surface area is 112 Å². The van der Waals surface area contributed by atoms with E-state index in [4.69, 9.17) is 28.9 Å². The first-order valence-corrected chi connectivity index (χ1v) is 7.41. The van der Waals surface area contributed by atoms with Gasteiger partial charge in [-0.3, -0.25) is 4.72 Å². The summed E-state index contributed by atoms with van der Waals surface area (Å²) in [6.07, 6.45) is 0. The predicted octanol–water partition coefficient (Wildman–Crippen LogP) is 2.46. The minimum Gasteiger partial charge on any atom is -0.329 e. The molecule has 0 aliphatic heterocycles. The molecule has 1 aromatic carbocycles. The molecule has 0 unspecified atom stereocenters. The van der Waals surface area contributed by atoms with Gasteiger partial charge < -0.3 is 5.73 Å². The van der Waals surface area contributed by atoms with Crippen molar-refractivity contribution in [2.75, 3.05) is 17.0 Å². The fourth-order valence-corrected chi connectivity index (χ4v) is 2.77. The minimum absolute atomic E-state index is 0.0389. The topological polar surface area (TPSA) is 72.2 Å². The maximum atomic E-state index is 11.4. The standard InChI is InChI=1S/C8H9BrCl2N2O2S/c9-5-1-2-6(8(11)7(5)10)13-16(14,15)4-3-12/h1-2,13H,3-4,12H2. The van der Waals surface area contributed by atoms with Crippen molar-refractivity contribution in [1.29, 1.82) is 0 Å². The largest absolute Gasteiger partial charge is 0.329 e. The van der Waals surface area contributed by atoms with Crippen LogP contribution in [0.4, 0.5) is 5.69 Å². The second-order valence-electron chi connectivity index (χ2n) is 2.93. The molecule has 0 spiro atoms. The molecule has 1 rings (SSSR count). The zero-order valence-electron chi connectivity index (χ0n) is 8.00. The number of nitrogens with one attached hydrogen (secondary N) is 1.